The van der Waals surface area contributed by atoms with Crippen LogP contribution >= 0.6 is 0 Å². The predicted octanol–water partition coefficient (Wildman–Crippen LogP) is 1.04. The average molecular weight is 440 g/mol. The molecule has 1 aliphatic rings. The highest BCUT2D eigenvalue weighted by molar-refractivity contribution is 7.92. The number of sulfonamides is 1. The van der Waals surface area contributed by atoms with E-state index in [1.54, 1.807) is 30.3 Å². The Kier molecular flexibility index (Phi) is 5.81. The molecule has 29 heavy (non-hydrogen) atoms. The van der Waals surface area contributed by atoms with Crippen LogP contribution in [-0.4, -0.2) is 61.0 Å². The molecule has 2 aromatic carbocycles. The number of benzene rings is 2. The van der Waals surface area contributed by atoms with E-state index in [4.69, 9.17) is 0 Å². The van der Waals surface area contributed by atoms with Gasteiger partial charge in [0, 0.05) is 6.54 Å². The van der Waals surface area contributed by atoms with Crippen molar-refractivity contribution in [1.82, 2.24) is 4.31 Å². The fourth-order valence-corrected chi connectivity index (χ4v) is 7.16. The average Bonchev–Trinajstić information content (AvgIpc) is 2.92. The van der Waals surface area contributed by atoms with Crippen molar-refractivity contribution in [3.63, 3.8) is 0 Å². The van der Waals surface area contributed by atoms with Crippen molar-refractivity contribution in [3.05, 3.63) is 65.2 Å². The maximum Gasteiger partial charge on any atom is 0.335 e. The van der Waals surface area contributed by atoms with Gasteiger partial charge in [-0.15, -0.1) is 0 Å². The lowest BCUT2D eigenvalue weighted by Crippen LogP contribution is -2.46. The Bertz CT molecular complexity index is 1130. The van der Waals surface area contributed by atoms with Crippen molar-refractivity contribution in [2.45, 2.75) is 30.5 Å². The Morgan fingerprint density at radius 1 is 1.14 bits per heavy atom. The van der Waals surface area contributed by atoms with Crippen LogP contribution in [0.3, 0.4) is 0 Å². The van der Waals surface area contributed by atoms with Crippen molar-refractivity contribution >= 4 is 25.8 Å². The number of hydrogen-bond acceptors (Lipinski definition) is 6. The van der Waals surface area contributed by atoms with E-state index in [1.807, 2.05) is 0 Å². The molecule has 1 saturated heterocycles. The van der Waals surface area contributed by atoms with Gasteiger partial charge in [0.15, 0.2) is 9.84 Å². The molecule has 1 fully saturated rings. The molecule has 10 heteroatoms. The standard InChI is InChI=1S/C19H21NO7S2/c1-13-7-8-15(19(22)23)9-18(13)29(26,27)20(10-14-5-3-2-4-6-14)16-11-28(24,25)12-17(16)21/h2-9,16-17,21H,10-12H2,1H3,(H,22,23)/t16-,17+/m1/s1. The number of hydrogen-bond donors (Lipinski definition) is 2. The van der Waals surface area contributed by atoms with Gasteiger partial charge in [0.1, 0.15) is 0 Å². The molecule has 0 radical (unpaired) electrons. The first-order chi connectivity index (χ1) is 13.5. The van der Waals surface area contributed by atoms with Gasteiger partial charge in [-0.05, 0) is 30.2 Å². The maximum atomic E-state index is 13.5. The summed E-state index contributed by atoms with van der Waals surface area (Å²) in [4.78, 5) is 11.1. The molecule has 2 aromatic rings. The van der Waals surface area contributed by atoms with Gasteiger partial charge >= 0.3 is 5.97 Å². The van der Waals surface area contributed by atoms with Crippen molar-refractivity contribution < 1.29 is 31.8 Å². The van der Waals surface area contributed by atoms with Crippen LogP contribution in [0.5, 0.6) is 0 Å². The Hall–Kier alpha value is -2.27. The first kappa shape index (κ1) is 21.4. The molecule has 1 heterocycles. The minimum Gasteiger partial charge on any atom is -0.478 e. The number of carbonyl (C=O) groups is 1. The van der Waals surface area contributed by atoms with Crippen LogP contribution < -0.4 is 0 Å². The minimum absolute atomic E-state index is 0.156. The normalized spacial score (nSPS) is 21.3. The van der Waals surface area contributed by atoms with E-state index in [0.29, 0.717) is 11.1 Å². The lowest BCUT2D eigenvalue weighted by molar-refractivity contribution is 0.0696. The zero-order valence-corrected chi connectivity index (χ0v) is 17.2. The molecule has 156 valence electrons. The Morgan fingerprint density at radius 3 is 2.34 bits per heavy atom. The molecule has 0 unspecified atom stereocenters. The molecule has 0 bridgehead atoms. The topological polar surface area (TPSA) is 129 Å². The number of aromatic carboxylic acids is 1. The van der Waals surface area contributed by atoms with Gasteiger partial charge in [0.2, 0.25) is 10.0 Å². The third kappa shape index (κ3) is 4.50. The second kappa shape index (κ2) is 7.86. The summed E-state index contributed by atoms with van der Waals surface area (Å²) in [5.74, 6) is -2.30. The van der Waals surface area contributed by atoms with E-state index in [2.05, 4.69) is 0 Å². The fourth-order valence-electron chi connectivity index (χ4n) is 3.37. The Morgan fingerprint density at radius 2 is 1.79 bits per heavy atom. The van der Waals surface area contributed by atoms with Crippen LogP contribution in [0.2, 0.25) is 0 Å². The molecular weight excluding hydrogens is 418 g/mol. The molecular formula is C19H21NO7S2. The fraction of sp³-hybridized carbons (Fsp3) is 0.316. The highest BCUT2D eigenvalue weighted by Gasteiger charge is 2.45. The Labute approximate surface area is 169 Å². The van der Waals surface area contributed by atoms with E-state index in [0.717, 1.165) is 10.4 Å². The number of nitrogens with zero attached hydrogens (tertiary/aromatic N) is 1. The highest BCUT2D eigenvalue weighted by atomic mass is 32.2. The highest BCUT2D eigenvalue weighted by Crippen LogP contribution is 2.29. The van der Waals surface area contributed by atoms with Crippen LogP contribution in [0.4, 0.5) is 0 Å². The Balaban J connectivity index is 2.12. The summed E-state index contributed by atoms with van der Waals surface area (Å²) in [5.41, 5.74) is 0.733. The number of aliphatic hydroxyl groups is 1. The van der Waals surface area contributed by atoms with Crippen molar-refractivity contribution in [2.24, 2.45) is 0 Å². The second-order valence-electron chi connectivity index (χ2n) is 7.03. The molecule has 0 saturated carbocycles. The van der Waals surface area contributed by atoms with Crippen LogP contribution in [-0.2, 0) is 26.4 Å². The summed E-state index contributed by atoms with van der Waals surface area (Å²) < 4.78 is 52.0. The molecule has 0 aliphatic carbocycles. The first-order valence-corrected chi connectivity index (χ1v) is 12.1. The van der Waals surface area contributed by atoms with Gasteiger partial charge in [-0.1, -0.05) is 36.4 Å². The number of carboxylic acid groups (broad SMARTS) is 1. The van der Waals surface area contributed by atoms with Crippen molar-refractivity contribution in [1.29, 1.82) is 0 Å². The number of sulfone groups is 1. The molecule has 3 rings (SSSR count). The predicted molar refractivity (Wildman–Crippen MR) is 106 cm³/mol. The van der Waals surface area contributed by atoms with E-state index in [9.17, 15) is 31.8 Å². The van der Waals surface area contributed by atoms with E-state index >= 15 is 0 Å². The third-order valence-corrected chi connectivity index (χ3v) is 8.58. The SMILES string of the molecule is Cc1ccc(C(=O)O)cc1S(=O)(=O)N(Cc1ccccc1)[C@@H]1CS(=O)(=O)C[C@@H]1O. The van der Waals surface area contributed by atoms with E-state index < -0.39 is 49.5 Å². The van der Waals surface area contributed by atoms with E-state index in [1.165, 1.54) is 19.1 Å². The molecule has 1 aliphatic heterocycles. The van der Waals surface area contributed by atoms with Crippen molar-refractivity contribution in [2.75, 3.05) is 11.5 Å². The molecule has 8 nitrogen and oxygen atoms in total. The number of rotatable bonds is 6. The first-order valence-electron chi connectivity index (χ1n) is 8.79. The molecule has 0 spiro atoms. The van der Waals surface area contributed by atoms with Crippen LogP contribution in [0.15, 0.2) is 53.4 Å². The second-order valence-corrected chi connectivity index (χ2v) is 11.0. The summed E-state index contributed by atoms with van der Waals surface area (Å²) >= 11 is 0. The quantitative estimate of drug-likeness (QED) is 0.688. The monoisotopic (exact) mass is 439 g/mol. The van der Waals surface area contributed by atoms with Crippen LogP contribution in [0.25, 0.3) is 0 Å². The lowest BCUT2D eigenvalue weighted by Gasteiger charge is -2.30. The summed E-state index contributed by atoms with van der Waals surface area (Å²) in [5, 5.41) is 19.6. The molecule has 0 amide bonds. The van der Waals surface area contributed by atoms with E-state index in [-0.39, 0.29) is 17.0 Å². The van der Waals surface area contributed by atoms with Crippen LogP contribution in [0.1, 0.15) is 21.5 Å². The van der Waals surface area contributed by atoms with Gasteiger partial charge < -0.3 is 10.2 Å². The smallest absolute Gasteiger partial charge is 0.335 e. The minimum atomic E-state index is -4.31. The molecule has 2 N–H and O–H groups in total. The van der Waals surface area contributed by atoms with Gasteiger partial charge in [-0.25, -0.2) is 21.6 Å². The maximum absolute atomic E-state index is 13.5. The largest absolute Gasteiger partial charge is 0.478 e. The van der Waals surface area contributed by atoms with Gasteiger partial charge in [0.25, 0.3) is 0 Å². The summed E-state index contributed by atoms with van der Waals surface area (Å²) in [7, 11) is -7.91. The zero-order valence-electron chi connectivity index (χ0n) is 15.6. The third-order valence-electron chi connectivity index (χ3n) is 4.87. The number of aliphatic hydroxyl groups excluding tert-OH is 1. The number of carboxylic acids is 1. The molecule has 2 atom stereocenters. The number of aryl methyl sites for hydroxylation is 1. The summed E-state index contributed by atoms with van der Waals surface area (Å²) in [6.45, 7) is 1.37. The molecule has 0 aromatic heterocycles. The summed E-state index contributed by atoms with van der Waals surface area (Å²) in [6, 6.07) is 11.2. The zero-order chi connectivity index (χ0) is 21.4. The van der Waals surface area contributed by atoms with Gasteiger partial charge in [-0.3, -0.25) is 0 Å². The summed E-state index contributed by atoms with van der Waals surface area (Å²) in [6.07, 6.45) is -1.37. The van der Waals surface area contributed by atoms with Gasteiger partial charge in [-0.2, -0.15) is 4.31 Å². The van der Waals surface area contributed by atoms with Crippen LogP contribution in [0, 0.1) is 6.92 Å². The van der Waals surface area contributed by atoms with Gasteiger partial charge in [0.05, 0.1) is 34.1 Å². The lowest BCUT2D eigenvalue weighted by atomic mass is 10.1. The van der Waals surface area contributed by atoms with Crippen molar-refractivity contribution in [3.8, 4) is 0 Å².